The molecule has 1 aliphatic heterocycles. The Morgan fingerprint density at radius 1 is 1.11 bits per heavy atom. The number of likely N-dealkylation sites (N-methyl/N-ethyl adjacent to an activating group) is 1. The number of benzene rings is 1. The van der Waals surface area contributed by atoms with Crippen LogP contribution in [0.1, 0.15) is 65.2 Å². The van der Waals surface area contributed by atoms with Crippen molar-refractivity contribution in [1.82, 2.24) is 34.9 Å². The average Bonchev–Trinajstić information content (AvgIpc) is 3.54. The minimum Gasteiger partial charge on any atom is -0.347 e. The summed E-state index contributed by atoms with van der Waals surface area (Å²) in [5, 5.41) is 12.0. The molecule has 0 saturated heterocycles. The van der Waals surface area contributed by atoms with E-state index >= 15 is 0 Å². The van der Waals surface area contributed by atoms with Crippen LogP contribution in [0, 0.1) is 6.92 Å². The lowest BCUT2D eigenvalue weighted by molar-refractivity contribution is 0.0954. The molecule has 9 nitrogen and oxygen atoms in total. The van der Waals surface area contributed by atoms with Crippen molar-refractivity contribution in [1.29, 1.82) is 0 Å². The van der Waals surface area contributed by atoms with Crippen molar-refractivity contribution >= 4 is 28.9 Å². The fourth-order valence-electron chi connectivity index (χ4n) is 4.44. The van der Waals surface area contributed by atoms with Gasteiger partial charge in [0.25, 0.3) is 5.91 Å². The molecule has 4 aromatic rings. The number of hydrogen-bond acceptors (Lipinski definition) is 8. The molecule has 0 bridgehead atoms. The van der Waals surface area contributed by atoms with Crippen molar-refractivity contribution in [3.05, 3.63) is 69.6 Å². The van der Waals surface area contributed by atoms with Gasteiger partial charge in [0.2, 0.25) is 0 Å². The number of carbonyl (C=O) groups is 1. The predicted molar refractivity (Wildman–Crippen MR) is 151 cm³/mol. The van der Waals surface area contributed by atoms with Gasteiger partial charge in [-0.25, -0.2) is 15.0 Å². The summed E-state index contributed by atoms with van der Waals surface area (Å²) in [6.07, 6.45) is 3.23. The smallest absolute Gasteiger partial charge is 0.263 e. The van der Waals surface area contributed by atoms with Crippen molar-refractivity contribution in [2.45, 2.75) is 59.2 Å². The molecule has 0 saturated carbocycles. The van der Waals surface area contributed by atoms with Crippen molar-refractivity contribution in [3.8, 4) is 11.3 Å². The summed E-state index contributed by atoms with van der Waals surface area (Å²) < 4.78 is 2.06. The first kappa shape index (κ1) is 26.0. The molecule has 0 fully saturated rings. The van der Waals surface area contributed by atoms with E-state index in [0.29, 0.717) is 23.3 Å². The highest BCUT2D eigenvalue weighted by atomic mass is 32.1. The lowest BCUT2D eigenvalue weighted by atomic mass is 9.98. The fraction of sp³-hybridized carbons (Fsp3) is 0.393. The van der Waals surface area contributed by atoms with Crippen LogP contribution in [-0.4, -0.2) is 49.1 Å². The number of rotatable bonds is 6. The van der Waals surface area contributed by atoms with E-state index in [1.54, 1.807) is 12.5 Å². The van der Waals surface area contributed by atoms with Crippen LogP contribution in [0.25, 0.3) is 11.3 Å². The molecule has 1 aromatic carbocycles. The normalized spacial score (nSPS) is 15.8. The maximum absolute atomic E-state index is 12.7. The second kappa shape index (κ2) is 10.3. The van der Waals surface area contributed by atoms with Crippen LogP contribution >= 0.6 is 11.3 Å². The van der Waals surface area contributed by atoms with Crippen molar-refractivity contribution < 1.29 is 4.79 Å². The molecule has 38 heavy (non-hydrogen) atoms. The van der Waals surface area contributed by atoms with E-state index in [2.05, 4.69) is 82.0 Å². The zero-order valence-electron chi connectivity index (χ0n) is 22.7. The van der Waals surface area contributed by atoms with Gasteiger partial charge in [0.1, 0.15) is 17.0 Å². The van der Waals surface area contributed by atoms with Crippen molar-refractivity contribution in [2.75, 3.05) is 18.9 Å². The predicted octanol–water partition coefficient (Wildman–Crippen LogP) is 5.08. The second-order valence-electron chi connectivity index (χ2n) is 10.9. The van der Waals surface area contributed by atoms with Crippen LogP contribution in [0.5, 0.6) is 0 Å². The van der Waals surface area contributed by atoms with E-state index < -0.39 is 0 Å². The number of aromatic nitrogens is 5. The third-order valence-corrected chi connectivity index (χ3v) is 8.36. The number of amides is 1. The van der Waals surface area contributed by atoms with Gasteiger partial charge in [-0.05, 0) is 38.1 Å². The standard InChI is InChI=1S/C28H34N8OS/c1-17-11-19(7-8-20(17)14-29-26(37)23-15-30-27(38-23)28(3,4)5)21-12-24(32-16-31-21)33-25-13-22-18(2)35(6)9-10-36(22)34-25/h7-8,11-13,15-16,18H,9-10,14H2,1-6H3,(H,29,37)(H,31,32,33,34). The monoisotopic (exact) mass is 530 g/mol. The molecular formula is C28H34N8OS. The number of aryl methyl sites for hydroxylation is 1. The number of anilines is 2. The van der Waals surface area contributed by atoms with Gasteiger partial charge in [-0.3, -0.25) is 14.4 Å². The molecule has 3 aromatic heterocycles. The summed E-state index contributed by atoms with van der Waals surface area (Å²) in [6.45, 7) is 12.8. The Bertz CT molecular complexity index is 1470. The van der Waals surface area contributed by atoms with Gasteiger partial charge in [-0.2, -0.15) is 5.10 Å². The molecule has 5 rings (SSSR count). The number of nitrogens with zero attached hydrogens (tertiary/aromatic N) is 6. The van der Waals surface area contributed by atoms with E-state index in [0.717, 1.165) is 46.3 Å². The maximum atomic E-state index is 12.7. The van der Waals surface area contributed by atoms with E-state index in [1.165, 1.54) is 17.0 Å². The summed E-state index contributed by atoms with van der Waals surface area (Å²) in [7, 11) is 2.13. The van der Waals surface area contributed by atoms with Gasteiger partial charge in [0, 0.05) is 42.2 Å². The lowest BCUT2D eigenvalue weighted by Gasteiger charge is -2.30. The summed E-state index contributed by atoms with van der Waals surface area (Å²) in [6, 6.07) is 10.5. The van der Waals surface area contributed by atoms with Gasteiger partial charge in [-0.15, -0.1) is 11.3 Å². The van der Waals surface area contributed by atoms with Crippen LogP contribution in [0.15, 0.2) is 42.9 Å². The Balaban J connectivity index is 1.26. The minimum absolute atomic E-state index is 0.0698. The van der Waals surface area contributed by atoms with E-state index in [-0.39, 0.29) is 11.3 Å². The van der Waals surface area contributed by atoms with E-state index in [1.807, 2.05) is 25.1 Å². The Labute approximate surface area is 227 Å². The molecule has 4 heterocycles. The van der Waals surface area contributed by atoms with Crippen molar-refractivity contribution in [2.24, 2.45) is 0 Å². The van der Waals surface area contributed by atoms with Crippen LogP contribution < -0.4 is 10.6 Å². The Kier molecular flexibility index (Phi) is 7.02. The summed E-state index contributed by atoms with van der Waals surface area (Å²) in [5.41, 5.74) is 5.06. The number of thiazole rings is 1. The van der Waals surface area contributed by atoms with Gasteiger partial charge >= 0.3 is 0 Å². The van der Waals surface area contributed by atoms with Gasteiger partial charge in [0.05, 0.1) is 29.1 Å². The van der Waals surface area contributed by atoms with E-state index in [9.17, 15) is 4.79 Å². The van der Waals surface area contributed by atoms with E-state index in [4.69, 9.17) is 5.10 Å². The fourth-order valence-corrected chi connectivity index (χ4v) is 5.33. The van der Waals surface area contributed by atoms with Gasteiger partial charge in [-0.1, -0.05) is 32.9 Å². The first-order valence-corrected chi connectivity index (χ1v) is 13.6. The first-order valence-electron chi connectivity index (χ1n) is 12.8. The first-order chi connectivity index (χ1) is 18.1. The van der Waals surface area contributed by atoms with Crippen LogP contribution in [0.4, 0.5) is 11.6 Å². The van der Waals surface area contributed by atoms with Crippen molar-refractivity contribution in [3.63, 3.8) is 0 Å². The molecule has 1 amide bonds. The van der Waals surface area contributed by atoms with Crippen LogP contribution in [-0.2, 0) is 18.5 Å². The number of carbonyl (C=O) groups excluding carboxylic acids is 1. The highest BCUT2D eigenvalue weighted by molar-refractivity contribution is 7.13. The molecule has 198 valence electrons. The zero-order chi connectivity index (χ0) is 27.0. The molecule has 0 radical (unpaired) electrons. The quantitative estimate of drug-likeness (QED) is 0.358. The SMILES string of the molecule is Cc1cc(-c2cc(Nc3cc4n(n3)CCN(C)C4C)ncn2)ccc1CNC(=O)c1cnc(C(C)(C)C)s1. The molecule has 10 heteroatoms. The molecular weight excluding hydrogens is 496 g/mol. The lowest BCUT2D eigenvalue weighted by Crippen LogP contribution is -2.33. The largest absolute Gasteiger partial charge is 0.347 e. The summed E-state index contributed by atoms with van der Waals surface area (Å²) >= 11 is 1.45. The number of fused-ring (bicyclic) bond motifs is 1. The number of hydrogen-bond donors (Lipinski definition) is 2. The topological polar surface area (TPSA) is 101 Å². The Hall–Kier alpha value is -3.63. The zero-order valence-corrected chi connectivity index (χ0v) is 23.6. The average molecular weight is 531 g/mol. The third-order valence-electron chi connectivity index (χ3n) is 6.94. The molecule has 1 aliphatic rings. The van der Waals surface area contributed by atoms with Gasteiger partial charge < -0.3 is 10.6 Å². The van der Waals surface area contributed by atoms with Crippen LogP contribution in [0.2, 0.25) is 0 Å². The molecule has 1 atom stereocenters. The minimum atomic E-state index is -0.102. The maximum Gasteiger partial charge on any atom is 0.263 e. The highest BCUT2D eigenvalue weighted by Crippen LogP contribution is 2.29. The number of nitrogens with one attached hydrogen (secondary N) is 2. The summed E-state index contributed by atoms with van der Waals surface area (Å²) in [5.74, 6) is 1.37. The third kappa shape index (κ3) is 5.46. The Morgan fingerprint density at radius 2 is 1.92 bits per heavy atom. The molecule has 2 N–H and O–H groups in total. The molecule has 1 unspecified atom stereocenters. The van der Waals surface area contributed by atoms with Gasteiger partial charge in [0.15, 0.2) is 5.82 Å². The molecule has 0 aliphatic carbocycles. The highest BCUT2D eigenvalue weighted by Gasteiger charge is 2.23. The molecule has 0 spiro atoms. The summed E-state index contributed by atoms with van der Waals surface area (Å²) in [4.78, 5) is 28.9. The second-order valence-corrected chi connectivity index (χ2v) is 11.9. The van der Waals surface area contributed by atoms with Crippen LogP contribution in [0.3, 0.4) is 0 Å². The Morgan fingerprint density at radius 3 is 2.66 bits per heavy atom.